The van der Waals surface area contributed by atoms with Gasteiger partial charge in [-0.2, -0.15) is 0 Å². The van der Waals surface area contributed by atoms with Gasteiger partial charge in [0.15, 0.2) is 0 Å². The van der Waals surface area contributed by atoms with E-state index in [-0.39, 0.29) is 18.3 Å². The van der Waals surface area contributed by atoms with Crippen LogP contribution in [0.3, 0.4) is 0 Å². The van der Waals surface area contributed by atoms with E-state index < -0.39 is 11.6 Å². The van der Waals surface area contributed by atoms with Crippen molar-refractivity contribution in [2.24, 2.45) is 4.99 Å². The third-order valence-electron chi connectivity index (χ3n) is 3.81. The molecule has 0 saturated carbocycles. The lowest BCUT2D eigenvalue weighted by molar-refractivity contribution is -0.133. The molecular weight excluding hydrogens is 351 g/mol. The number of carboxylic acids is 1. The molecule has 1 unspecified atom stereocenters. The number of nitrogens with one attached hydrogen (secondary N) is 2. The van der Waals surface area contributed by atoms with E-state index in [4.69, 9.17) is 4.74 Å². The minimum atomic E-state index is -1.43. The highest BCUT2D eigenvalue weighted by Crippen LogP contribution is 2.19. The quantitative estimate of drug-likeness (QED) is 0.602. The Hall–Kier alpha value is -2.74. The van der Waals surface area contributed by atoms with Gasteiger partial charge in [0.05, 0.1) is 12.6 Å². The Morgan fingerprint density at radius 3 is 2.89 bits per heavy atom. The Labute approximate surface area is 158 Å². The van der Waals surface area contributed by atoms with Crippen LogP contribution < -0.4 is 15.4 Å². The number of carboxylic acid groups (broad SMARTS) is 1. The molecule has 0 amide bonds. The van der Waals surface area contributed by atoms with Crippen molar-refractivity contribution < 1.29 is 19.0 Å². The number of ether oxygens (including phenoxy) is 1. The van der Waals surface area contributed by atoms with E-state index in [0.29, 0.717) is 18.0 Å². The molecule has 8 heteroatoms. The third-order valence-corrected chi connectivity index (χ3v) is 3.81. The third kappa shape index (κ3) is 5.89. The van der Waals surface area contributed by atoms with Crippen molar-refractivity contribution >= 4 is 12.2 Å². The van der Waals surface area contributed by atoms with Gasteiger partial charge in [-0.15, -0.1) is 0 Å². The maximum Gasteiger partial charge on any atom is 0.352 e. The number of aliphatic carboxylic acids is 1. The van der Waals surface area contributed by atoms with Gasteiger partial charge in [-0.3, -0.25) is 4.99 Å². The molecule has 1 atom stereocenters. The number of aromatic nitrogens is 1. The van der Waals surface area contributed by atoms with Gasteiger partial charge in [0.2, 0.25) is 5.88 Å². The molecule has 0 bridgehead atoms. The van der Waals surface area contributed by atoms with Crippen LogP contribution in [0.25, 0.3) is 0 Å². The minimum Gasteiger partial charge on any atom is -0.477 e. The summed E-state index contributed by atoms with van der Waals surface area (Å²) in [5.74, 6) is -0.656. The number of hydrogen-bond acceptors (Lipinski definition) is 6. The molecule has 2 rings (SSSR count). The molecule has 1 aliphatic rings. The standard InChI is InChI=1S/C19H25FN4O3/c1-12-7-13(9-24-17(12)27-11-19(2,3)20)8-22-10-14-15(21-4)5-6-23-16(14)18(25)26/h5-7,9-10,15,21,23H,8,11H2,1-4H3,(H,25,26). The number of hydrogen-bond donors (Lipinski definition) is 3. The topological polar surface area (TPSA) is 95.8 Å². The minimum absolute atomic E-state index is 0.0730. The van der Waals surface area contributed by atoms with E-state index in [1.54, 1.807) is 25.7 Å². The van der Waals surface area contributed by atoms with Crippen LogP contribution >= 0.6 is 0 Å². The molecule has 0 radical (unpaired) electrons. The zero-order chi connectivity index (χ0) is 20.0. The van der Waals surface area contributed by atoms with Gasteiger partial charge >= 0.3 is 5.97 Å². The second kappa shape index (κ2) is 8.77. The molecule has 1 aromatic heterocycles. The number of pyridine rings is 1. The van der Waals surface area contributed by atoms with Crippen LogP contribution in [0.1, 0.15) is 25.0 Å². The smallest absolute Gasteiger partial charge is 0.352 e. The van der Waals surface area contributed by atoms with Gasteiger partial charge in [0, 0.05) is 23.5 Å². The van der Waals surface area contributed by atoms with Crippen molar-refractivity contribution in [3.8, 4) is 5.88 Å². The van der Waals surface area contributed by atoms with Gasteiger partial charge in [-0.25, -0.2) is 14.2 Å². The Bertz CT molecular complexity index is 782. The summed E-state index contributed by atoms with van der Waals surface area (Å²) in [6.45, 7) is 4.98. The van der Waals surface area contributed by atoms with E-state index in [9.17, 15) is 14.3 Å². The highest BCUT2D eigenvalue weighted by molar-refractivity contribution is 5.96. The zero-order valence-corrected chi connectivity index (χ0v) is 15.9. The predicted octanol–water partition coefficient (Wildman–Crippen LogP) is 2.13. The fourth-order valence-electron chi connectivity index (χ4n) is 2.50. The van der Waals surface area contributed by atoms with Gasteiger partial charge in [0.25, 0.3) is 0 Å². The molecule has 2 heterocycles. The first kappa shape index (κ1) is 20.6. The van der Waals surface area contributed by atoms with E-state index in [1.165, 1.54) is 13.8 Å². The Morgan fingerprint density at radius 2 is 2.30 bits per heavy atom. The lowest BCUT2D eigenvalue weighted by Gasteiger charge is -2.20. The fraction of sp³-hybridized carbons (Fsp3) is 0.421. The number of carbonyl (C=O) groups is 1. The Kier molecular flexibility index (Phi) is 6.68. The number of alkyl halides is 1. The molecule has 0 spiro atoms. The first-order valence-electron chi connectivity index (χ1n) is 8.56. The van der Waals surface area contributed by atoms with Crippen LogP contribution in [-0.4, -0.2) is 47.6 Å². The second-order valence-electron chi connectivity index (χ2n) is 6.85. The summed E-state index contributed by atoms with van der Waals surface area (Å²) in [4.78, 5) is 19.9. The Morgan fingerprint density at radius 1 is 1.56 bits per heavy atom. The number of nitrogens with zero attached hydrogens (tertiary/aromatic N) is 2. The molecule has 27 heavy (non-hydrogen) atoms. The van der Waals surface area contributed by atoms with Crippen LogP contribution in [0, 0.1) is 6.92 Å². The van der Waals surface area contributed by atoms with Crippen molar-refractivity contribution in [1.29, 1.82) is 0 Å². The van der Waals surface area contributed by atoms with Crippen LogP contribution in [0.4, 0.5) is 4.39 Å². The summed E-state index contributed by atoms with van der Waals surface area (Å²) in [7, 11) is 1.75. The van der Waals surface area contributed by atoms with Gasteiger partial charge in [0.1, 0.15) is 18.0 Å². The second-order valence-corrected chi connectivity index (χ2v) is 6.85. The maximum atomic E-state index is 13.5. The molecule has 3 N–H and O–H groups in total. The van der Waals surface area contributed by atoms with Gasteiger partial charge in [-0.05, 0) is 51.7 Å². The number of likely N-dealkylation sites (N-methyl/N-ethyl adjacent to an activating group) is 1. The highest BCUT2D eigenvalue weighted by atomic mass is 19.1. The molecule has 0 aromatic carbocycles. The van der Waals surface area contributed by atoms with Crippen LogP contribution in [0.15, 0.2) is 40.8 Å². The molecule has 146 valence electrons. The molecule has 0 fully saturated rings. The number of aliphatic imine (C=N–C) groups is 1. The van der Waals surface area contributed by atoms with Crippen molar-refractivity contribution in [2.45, 2.75) is 39.0 Å². The molecular formula is C19H25FN4O3. The first-order valence-corrected chi connectivity index (χ1v) is 8.56. The van der Waals surface area contributed by atoms with E-state index in [1.807, 2.05) is 19.1 Å². The van der Waals surface area contributed by atoms with Crippen molar-refractivity contribution in [2.75, 3.05) is 13.7 Å². The van der Waals surface area contributed by atoms with Crippen LogP contribution in [0.2, 0.25) is 0 Å². The van der Waals surface area contributed by atoms with Crippen molar-refractivity contribution in [1.82, 2.24) is 15.6 Å². The summed E-state index contributed by atoms with van der Waals surface area (Å²) in [5.41, 5.74) is 0.829. The maximum absolute atomic E-state index is 13.5. The fourth-order valence-corrected chi connectivity index (χ4v) is 2.50. The number of aryl methyl sites for hydroxylation is 1. The monoisotopic (exact) mass is 376 g/mol. The number of rotatable bonds is 8. The summed E-state index contributed by atoms with van der Waals surface area (Å²) < 4.78 is 18.9. The van der Waals surface area contributed by atoms with Crippen LogP contribution in [0.5, 0.6) is 5.88 Å². The molecule has 7 nitrogen and oxygen atoms in total. The normalized spacial score (nSPS) is 17.3. The highest BCUT2D eigenvalue weighted by Gasteiger charge is 2.21. The summed E-state index contributed by atoms with van der Waals surface area (Å²) >= 11 is 0. The predicted molar refractivity (Wildman–Crippen MR) is 102 cm³/mol. The van der Waals surface area contributed by atoms with Gasteiger partial charge in [-0.1, -0.05) is 0 Å². The zero-order valence-electron chi connectivity index (χ0n) is 15.9. The number of dihydropyridines is 1. The van der Waals surface area contributed by atoms with Crippen LogP contribution in [-0.2, 0) is 11.3 Å². The molecule has 1 aromatic rings. The van der Waals surface area contributed by atoms with E-state index >= 15 is 0 Å². The molecule has 1 aliphatic heterocycles. The number of halogens is 1. The summed E-state index contributed by atoms with van der Waals surface area (Å²) in [6.07, 6.45) is 6.57. The lowest BCUT2D eigenvalue weighted by Crippen LogP contribution is -2.34. The van der Waals surface area contributed by atoms with Crippen molar-refractivity contribution in [3.05, 3.63) is 46.9 Å². The molecule has 0 aliphatic carbocycles. The van der Waals surface area contributed by atoms with E-state index in [0.717, 1.165) is 11.1 Å². The van der Waals surface area contributed by atoms with Crippen molar-refractivity contribution in [3.63, 3.8) is 0 Å². The Balaban J connectivity index is 2.09. The van der Waals surface area contributed by atoms with Gasteiger partial charge < -0.3 is 20.5 Å². The van der Waals surface area contributed by atoms with E-state index in [2.05, 4.69) is 20.6 Å². The average Bonchev–Trinajstić information content (AvgIpc) is 2.60. The first-order chi connectivity index (χ1) is 12.7. The summed E-state index contributed by atoms with van der Waals surface area (Å²) in [6, 6.07) is 1.63. The average molecular weight is 376 g/mol. The summed E-state index contributed by atoms with van der Waals surface area (Å²) in [5, 5.41) is 15.1. The largest absolute Gasteiger partial charge is 0.477 e. The lowest BCUT2D eigenvalue weighted by atomic mass is 10.0. The molecule has 0 saturated heterocycles. The SMILES string of the molecule is CNC1C=CNC(C(=O)O)=C1C=NCc1cnc(OCC(C)(C)F)c(C)c1.